The van der Waals surface area contributed by atoms with Gasteiger partial charge in [0.05, 0.1) is 5.02 Å². The molecule has 0 aromatic heterocycles. The summed E-state index contributed by atoms with van der Waals surface area (Å²) in [5.74, 6) is -0.289. The fourth-order valence-corrected chi connectivity index (χ4v) is 4.45. The Kier molecular flexibility index (Phi) is 6.11. The largest absolute Gasteiger partial charge is 0.309 e. The Balaban J connectivity index is 2.44. The summed E-state index contributed by atoms with van der Waals surface area (Å²) in [6.07, 6.45) is 0. The predicted molar refractivity (Wildman–Crippen MR) is 105 cm³/mol. The molecule has 0 fully saturated rings. The summed E-state index contributed by atoms with van der Waals surface area (Å²) in [5, 5.41) is 0.0704. The Hall–Kier alpha value is -1.89. The number of benzene rings is 2. The van der Waals surface area contributed by atoms with Crippen LogP contribution in [0, 0.1) is 0 Å². The average Bonchev–Trinajstić information content (AvgIpc) is 2.54. The smallest absolute Gasteiger partial charge is 0.258 e. The molecule has 0 heterocycles. The molecule has 0 saturated heterocycles. The molecule has 0 aliphatic carbocycles. The summed E-state index contributed by atoms with van der Waals surface area (Å²) < 4.78 is 27.8. The standard InChI is InChI=1S/C19H23ClN2O3S/c1-5-22(15-9-7-6-8-10-15)18(23)14-11-12-16(20)17(13-14)26(24,25)21-19(2,3)4/h6-13,21H,5H2,1-4H3. The van der Waals surface area contributed by atoms with Crippen LogP contribution >= 0.6 is 11.6 Å². The monoisotopic (exact) mass is 394 g/mol. The number of sulfonamides is 1. The minimum atomic E-state index is -3.85. The highest BCUT2D eigenvalue weighted by Crippen LogP contribution is 2.25. The van der Waals surface area contributed by atoms with Gasteiger partial charge in [0.25, 0.3) is 5.91 Å². The normalized spacial score (nSPS) is 12.0. The van der Waals surface area contributed by atoms with E-state index in [1.165, 1.54) is 18.2 Å². The number of carbonyl (C=O) groups excluding carboxylic acids is 1. The van der Waals surface area contributed by atoms with Crippen molar-refractivity contribution in [3.8, 4) is 0 Å². The molecule has 5 nitrogen and oxygen atoms in total. The van der Waals surface area contributed by atoms with Crippen molar-refractivity contribution in [1.29, 1.82) is 0 Å². The van der Waals surface area contributed by atoms with Gasteiger partial charge in [0.15, 0.2) is 0 Å². The number of carbonyl (C=O) groups is 1. The Morgan fingerprint density at radius 2 is 1.73 bits per heavy atom. The fourth-order valence-electron chi connectivity index (χ4n) is 2.51. The van der Waals surface area contributed by atoms with Gasteiger partial charge in [-0.15, -0.1) is 0 Å². The molecule has 1 N–H and O–H groups in total. The van der Waals surface area contributed by atoms with Gasteiger partial charge >= 0.3 is 0 Å². The Morgan fingerprint density at radius 3 is 2.27 bits per heavy atom. The third kappa shape index (κ3) is 4.84. The molecule has 0 radical (unpaired) electrons. The molecule has 0 bridgehead atoms. The molecule has 1 amide bonds. The van der Waals surface area contributed by atoms with E-state index in [-0.39, 0.29) is 21.4 Å². The summed E-state index contributed by atoms with van der Waals surface area (Å²) >= 11 is 6.10. The van der Waals surface area contributed by atoms with Gasteiger partial charge in [0, 0.05) is 23.3 Å². The first-order valence-electron chi connectivity index (χ1n) is 8.25. The van der Waals surface area contributed by atoms with Crippen molar-refractivity contribution < 1.29 is 13.2 Å². The van der Waals surface area contributed by atoms with E-state index < -0.39 is 15.6 Å². The number of halogens is 1. The SMILES string of the molecule is CCN(C(=O)c1ccc(Cl)c(S(=O)(=O)NC(C)(C)C)c1)c1ccccc1. The van der Waals surface area contributed by atoms with Crippen LogP contribution in [0.1, 0.15) is 38.1 Å². The summed E-state index contributed by atoms with van der Waals surface area (Å²) in [6.45, 7) is 7.53. The number of rotatable bonds is 5. The first-order valence-corrected chi connectivity index (χ1v) is 10.1. The highest BCUT2D eigenvalue weighted by atomic mass is 35.5. The van der Waals surface area contributed by atoms with Crippen molar-refractivity contribution in [2.45, 2.75) is 38.1 Å². The summed E-state index contributed by atoms with van der Waals surface area (Å²) in [4.78, 5) is 14.4. The van der Waals surface area contributed by atoms with Crippen LogP contribution in [0.2, 0.25) is 5.02 Å². The maximum atomic E-state index is 12.9. The average molecular weight is 395 g/mol. The van der Waals surface area contributed by atoms with Crippen molar-refractivity contribution in [2.24, 2.45) is 0 Å². The van der Waals surface area contributed by atoms with E-state index in [2.05, 4.69) is 4.72 Å². The van der Waals surface area contributed by atoms with E-state index >= 15 is 0 Å². The van der Waals surface area contributed by atoms with Crippen LogP contribution in [0.3, 0.4) is 0 Å². The first-order chi connectivity index (χ1) is 12.0. The lowest BCUT2D eigenvalue weighted by Crippen LogP contribution is -2.40. The van der Waals surface area contributed by atoms with Gasteiger partial charge in [0.2, 0.25) is 10.0 Å². The van der Waals surface area contributed by atoms with E-state index in [0.717, 1.165) is 5.69 Å². The molecule has 2 aromatic carbocycles. The molecule has 0 unspecified atom stereocenters. The highest BCUT2D eigenvalue weighted by molar-refractivity contribution is 7.89. The molecular formula is C19H23ClN2O3S. The quantitative estimate of drug-likeness (QED) is 0.830. The van der Waals surface area contributed by atoms with Crippen molar-refractivity contribution in [2.75, 3.05) is 11.4 Å². The van der Waals surface area contributed by atoms with E-state index in [9.17, 15) is 13.2 Å². The molecule has 0 atom stereocenters. The molecule has 0 aliphatic rings. The molecule has 7 heteroatoms. The molecule has 0 spiro atoms. The molecule has 2 aromatic rings. The molecule has 140 valence electrons. The third-order valence-corrected chi connectivity index (χ3v) is 5.78. The van der Waals surface area contributed by atoms with Gasteiger partial charge in [-0.2, -0.15) is 0 Å². The third-order valence-electron chi connectivity index (χ3n) is 3.54. The van der Waals surface area contributed by atoms with E-state index in [1.54, 1.807) is 25.7 Å². The van der Waals surface area contributed by atoms with Crippen LogP contribution in [-0.2, 0) is 10.0 Å². The molecule has 2 rings (SSSR count). The number of amides is 1. The van der Waals surface area contributed by atoms with Crippen molar-refractivity contribution >= 4 is 33.2 Å². The van der Waals surface area contributed by atoms with Gasteiger partial charge in [-0.25, -0.2) is 13.1 Å². The molecule has 0 aliphatic heterocycles. The summed E-state index contributed by atoms with van der Waals surface area (Å²) in [6, 6.07) is 13.5. The van der Waals surface area contributed by atoms with Crippen LogP contribution in [0.4, 0.5) is 5.69 Å². The number of hydrogen-bond donors (Lipinski definition) is 1. The van der Waals surface area contributed by atoms with Crippen LogP contribution in [0.15, 0.2) is 53.4 Å². The maximum Gasteiger partial charge on any atom is 0.258 e. The lowest BCUT2D eigenvalue weighted by Gasteiger charge is -2.23. The number of para-hydroxylation sites is 1. The lowest BCUT2D eigenvalue weighted by molar-refractivity contribution is 0.0988. The zero-order valence-electron chi connectivity index (χ0n) is 15.3. The van der Waals surface area contributed by atoms with Crippen LogP contribution in [-0.4, -0.2) is 26.4 Å². The van der Waals surface area contributed by atoms with Gasteiger partial charge in [-0.1, -0.05) is 29.8 Å². The summed E-state index contributed by atoms with van der Waals surface area (Å²) in [5.41, 5.74) is 0.336. The number of anilines is 1. The van der Waals surface area contributed by atoms with Gasteiger partial charge in [0.1, 0.15) is 4.90 Å². The first kappa shape index (κ1) is 20.4. The zero-order chi connectivity index (χ0) is 19.5. The second-order valence-electron chi connectivity index (χ2n) is 6.89. The Bertz CT molecular complexity index is 891. The summed E-state index contributed by atoms with van der Waals surface area (Å²) in [7, 11) is -3.85. The van der Waals surface area contributed by atoms with E-state index in [4.69, 9.17) is 11.6 Å². The number of nitrogens with one attached hydrogen (secondary N) is 1. The van der Waals surface area contributed by atoms with Crippen LogP contribution < -0.4 is 9.62 Å². The fraction of sp³-hybridized carbons (Fsp3) is 0.316. The molecule has 26 heavy (non-hydrogen) atoms. The maximum absolute atomic E-state index is 12.9. The Morgan fingerprint density at radius 1 is 1.12 bits per heavy atom. The van der Waals surface area contributed by atoms with E-state index in [1.807, 2.05) is 37.3 Å². The second-order valence-corrected chi connectivity index (χ2v) is 8.94. The zero-order valence-corrected chi connectivity index (χ0v) is 16.9. The highest BCUT2D eigenvalue weighted by Gasteiger charge is 2.26. The van der Waals surface area contributed by atoms with Gasteiger partial charge in [-0.05, 0) is 58.0 Å². The number of nitrogens with zero attached hydrogens (tertiary/aromatic N) is 1. The van der Waals surface area contributed by atoms with Gasteiger partial charge in [-0.3, -0.25) is 4.79 Å². The van der Waals surface area contributed by atoms with Crippen molar-refractivity contribution in [3.05, 3.63) is 59.1 Å². The molecule has 0 saturated carbocycles. The topological polar surface area (TPSA) is 66.5 Å². The Labute approximate surface area is 160 Å². The van der Waals surface area contributed by atoms with Crippen molar-refractivity contribution in [3.63, 3.8) is 0 Å². The minimum Gasteiger partial charge on any atom is -0.309 e. The number of hydrogen-bond acceptors (Lipinski definition) is 3. The second kappa shape index (κ2) is 7.78. The predicted octanol–water partition coefficient (Wildman–Crippen LogP) is 4.08. The lowest BCUT2D eigenvalue weighted by atomic mass is 10.1. The minimum absolute atomic E-state index is 0.0704. The molecular weight excluding hydrogens is 372 g/mol. The van der Waals surface area contributed by atoms with Crippen molar-refractivity contribution in [1.82, 2.24) is 4.72 Å². The van der Waals surface area contributed by atoms with Crippen LogP contribution in [0.5, 0.6) is 0 Å². The van der Waals surface area contributed by atoms with Crippen LogP contribution in [0.25, 0.3) is 0 Å². The van der Waals surface area contributed by atoms with E-state index in [0.29, 0.717) is 6.54 Å². The van der Waals surface area contributed by atoms with Gasteiger partial charge < -0.3 is 4.90 Å².